The number of rotatable bonds is 53. The van der Waals surface area contributed by atoms with Gasteiger partial charge in [0.1, 0.15) is 13.2 Å². The van der Waals surface area contributed by atoms with E-state index < -0.39 is 6.10 Å². The van der Waals surface area contributed by atoms with Crippen molar-refractivity contribution in [2.75, 3.05) is 13.2 Å². The lowest BCUT2D eigenvalue weighted by Crippen LogP contribution is -2.30. The molecule has 0 aromatic carbocycles. The van der Waals surface area contributed by atoms with Crippen LogP contribution in [0.5, 0.6) is 0 Å². The highest BCUT2D eigenvalue weighted by atomic mass is 16.6. The molecule has 6 nitrogen and oxygen atoms in total. The standard InChI is InChI=1S/C59H114O6/c1-6-7-8-9-10-11-12-13-14-15-18-26-31-36-41-46-51-59(62)65-56(53-64-58(61)50-45-40-35-30-25-21-20-23-28-33-38-43-48-55(4)5)52-63-57(60)49-44-39-34-29-24-19-16-17-22-27-32-37-42-47-54(2)3/h54-56H,6-53H2,1-5H3/t56-/m0/s1. The summed E-state index contributed by atoms with van der Waals surface area (Å²) in [4.78, 5) is 38.2. The summed E-state index contributed by atoms with van der Waals surface area (Å²) in [6.07, 6.45) is 55.2. The van der Waals surface area contributed by atoms with Crippen molar-refractivity contribution >= 4 is 17.9 Å². The third-order valence-electron chi connectivity index (χ3n) is 13.5. The Hall–Kier alpha value is -1.59. The number of ether oxygens (including phenoxy) is 3. The largest absolute Gasteiger partial charge is 0.462 e. The Morgan fingerprint density at radius 2 is 0.508 bits per heavy atom. The van der Waals surface area contributed by atoms with Crippen molar-refractivity contribution in [2.24, 2.45) is 11.8 Å². The van der Waals surface area contributed by atoms with Gasteiger partial charge in [0.2, 0.25) is 0 Å². The van der Waals surface area contributed by atoms with Gasteiger partial charge in [0.25, 0.3) is 0 Å². The lowest BCUT2D eigenvalue weighted by atomic mass is 10.0. The smallest absolute Gasteiger partial charge is 0.306 e. The van der Waals surface area contributed by atoms with E-state index in [0.29, 0.717) is 19.3 Å². The molecule has 1 atom stereocenters. The summed E-state index contributed by atoms with van der Waals surface area (Å²) in [6.45, 7) is 11.4. The monoisotopic (exact) mass is 919 g/mol. The molecular weight excluding hydrogens is 805 g/mol. The van der Waals surface area contributed by atoms with Crippen molar-refractivity contribution in [1.82, 2.24) is 0 Å². The summed E-state index contributed by atoms with van der Waals surface area (Å²) < 4.78 is 16.9. The fourth-order valence-corrected chi connectivity index (χ4v) is 9.05. The van der Waals surface area contributed by atoms with Crippen LogP contribution in [0.25, 0.3) is 0 Å². The minimum absolute atomic E-state index is 0.0626. The van der Waals surface area contributed by atoms with Crippen LogP contribution in [0.3, 0.4) is 0 Å². The number of carbonyl (C=O) groups is 3. The molecule has 65 heavy (non-hydrogen) atoms. The molecule has 0 saturated heterocycles. The minimum Gasteiger partial charge on any atom is -0.462 e. The van der Waals surface area contributed by atoms with Gasteiger partial charge in [-0.1, -0.05) is 291 Å². The van der Waals surface area contributed by atoms with Gasteiger partial charge in [-0.2, -0.15) is 0 Å². The van der Waals surface area contributed by atoms with Crippen LogP contribution in [-0.4, -0.2) is 37.2 Å². The molecule has 0 fully saturated rings. The number of hydrogen-bond acceptors (Lipinski definition) is 6. The van der Waals surface area contributed by atoms with E-state index in [0.717, 1.165) is 69.6 Å². The summed E-state index contributed by atoms with van der Waals surface area (Å²) in [5, 5.41) is 0. The van der Waals surface area contributed by atoms with Crippen molar-refractivity contribution in [1.29, 1.82) is 0 Å². The van der Waals surface area contributed by atoms with Crippen LogP contribution in [0.1, 0.15) is 330 Å². The van der Waals surface area contributed by atoms with Crippen LogP contribution in [0.4, 0.5) is 0 Å². The molecule has 0 unspecified atom stereocenters. The highest BCUT2D eigenvalue weighted by molar-refractivity contribution is 5.71. The number of carbonyl (C=O) groups excluding carboxylic acids is 3. The van der Waals surface area contributed by atoms with Crippen molar-refractivity contribution in [3.05, 3.63) is 0 Å². The van der Waals surface area contributed by atoms with E-state index in [1.165, 1.54) is 218 Å². The van der Waals surface area contributed by atoms with E-state index in [9.17, 15) is 14.4 Å². The zero-order valence-corrected chi connectivity index (χ0v) is 44.6. The number of unbranched alkanes of at least 4 members (excludes halogenated alkanes) is 38. The fraction of sp³-hybridized carbons (Fsp3) is 0.949. The van der Waals surface area contributed by atoms with E-state index in [-0.39, 0.29) is 31.1 Å². The van der Waals surface area contributed by atoms with Crippen LogP contribution < -0.4 is 0 Å². The van der Waals surface area contributed by atoms with Crippen molar-refractivity contribution in [3.8, 4) is 0 Å². The van der Waals surface area contributed by atoms with Gasteiger partial charge < -0.3 is 14.2 Å². The number of hydrogen-bond donors (Lipinski definition) is 0. The van der Waals surface area contributed by atoms with Crippen LogP contribution in [-0.2, 0) is 28.6 Å². The van der Waals surface area contributed by atoms with Gasteiger partial charge >= 0.3 is 17.9 Å². The normalized spacial score (nSPS) is 12.0. The second-order valence-corrected chi connectivity index (χ2v) is 21.2. The topological polar surface area (TPSA) is 78.9 Å². The summed E-state index contributed by atoms with van der Waals surface area (Å²) in [5.41, 5.74) is 0. The van der Waals surface area contributed by atoms with E-state index in [1.54, 1.807) is 0 Å². The third kappa shape index (κ3) is 53.2. The summed E-state index contributed by atoms with van der Waals surface area (Å²) in [5.74, 6) is 0.836. The van der Waals surface area contributed by atoms with Crippen LogP contribution in [0.2, 0.25) is 0 Å². The molecule has 0 aromatic rings. The summed E-state index contributed by atoms with van der Waals surface area (Å²) in [7, 11) is 0. The van der Waals surface area contributed by atoms with Crippen molar-refractivity contribution in [2.45, 2.75) is 336 Å². The molecule has 0 radical (unpaired) electrons. The maximum absolute atomic E-state index is 12.9. The molecule has 0 spiro atoms. The Kier molecular flexibility index (Phi) is 50.5. The molecule has 0 heterocycles. The molecule has 0 aliphatic carbocycles. The molecule has 0 rings (SSSR count). The minimum atomic E-state index is -0.763. The van der Waals surface area contributed by atoms with E-state index in [2.05, 4.69) is 34.6 Å². The molecular formula is C59H114O6. The first-order chi connectivity index (χ1) is 31.7. The van der Waals surface area contributed by atoms with Crippen molar-refractivity contribution in [3.63, 3.8) is 0 Å². The van der Waals surface area contributed by atoms with Crippen molar-refractivity contribution < 1.29 is 28.6 Å². The van der Waals surface area contributed by atoms with E-state index >= 15 is 0 Å². The van der Waals surface area contributed by atoms with Gasteiger partial charge in [0.15, 0.2) is 6.10 Å². The molecule has 0 aromatic heterocycles. The second kappa shape index (κ2) is 51.8. The average Bonchev–Trinajstić information content (AvgIpc) is 3.28. The van der Waals surface area contributed by atoms with E-state index in [4.69, 9.17) is 14.2 Å². The predicted molar refractivity (Wildman–Crippen MR) is 280 cm³/mol. The molecule has 0 bridgehead atoms. The highest BCUT2D eigenvalue weighted by Crippen LogP contribution is 2.18. The zero-order valence-electron chi connectivity index (χ0n) is 44.6. The van der Waals surface area contributed by atoms with Crippen LogP contribution in [0.15, 0.2) is 0 Å². The maximum Gasteiger partial charge on any atom is 0.306 e. The first kappa shape index (κ1) is 63.4. The molecule has 6 heteroatoms. The molecule has 0 N–H and O–H groups in total. The molecule has 386 valence electrons. The first-order valence-electron chi connectivity index (χ1n) is 29.2. The van der Waals surface area contributed by atoms with Crippen LogP contribution in [0, 0.1) is 11.8 Å². The van der Waals surface area contributed by atoms with Crippen LogP contribution >= 0.6 is 0 Å². The zero-order chi connectivity index (χ0) is 47.5. The average molecular weight is 920 g/mol. The Labute approximate surface area is 406 Å². The molecule has 0 saturated carbocycles. The molecule has 0 aliphatic rings. The lowest BCUT2D eigenvalue weighted by Gasteiger charge is -2.18. The van der Waals surface area contributed by atoms with Gasteiger partial charge in [-0.3, -0.25) is 14.4 Å². The molecule has 0 aliphatic heterocycles. The first-order valence-corrected chi connectivity index (χ1v) is 29.2. The summed E-state index contributed by atoms with van der Waals surface area (Å²) in [6, 6.07) is 0. The Morgan fingerprint density at radius 1 is 0.292 bits per heavy atom. The second-order valence-electron chi connectivity index (χ2n) is 21.2. The maximum atomic E-state index is 12.9. The lowest BCUT2D eigenvalue weighted by molar-refractivity contribution is -0.167. The summed E-state index contributed by atoms with van der Waals surface area (Å²) >= 11 is 0. The van der Waals surface area contributed by atoms with Gasteiger partial charge in [0.05, 0.1) is 0 Å². The van der Waals surface area contributed by atoms with Gasteiger partial charge in [0, 0.05) is 19.3 Å². The third-order valence-corrected chi connectivity index (χ3v) is 13.5. The SMILES string of the molecule is CCCCCCCCCCCCCCCCCCC(=O)O[C@@H](COC(=O)CCCCCCCCCCCCCCCC(C)C)COC(=O)CCCCCCCCCCCCCCC(C)C. The fourth-order valence-electron chi connectivity index (χ4n) is 9.05. The molecule has 0 amide bonds. The Morgan fingerprint density at radius 3 is 0.754 bits per heavy atom. The predicted octanol–water partition coefficient (Wildman–Crippen LogP) is 19.3. The van der Waals surface area contributed by atoms with Gasteiger partial charge in [-0.05, 0) is 31.1 Å². The van der Waals surface area contributed by atoms with E-state index in [1.807, 2.05) is 0 Å². The quantitative estimate of drug-likeness (QED) is 0.0344. The van der Waals surface area contributed by atoms with Gasteiger partial charge in [-0.25, -0.2) is 0 Å². The highest BCUT2D eigenvalue weighted by Gasteiger charge is 2.19. The number of esters is 3. The van der Waals surface area contributed by atoms with Gasteiger partial charge in [-0.15, -0.1) is 0 Å². The Balaban J connectivity index is 4.30. The Bertz CT molecular complexity index is 993.